The molecule has 1 aromatic heterocycles. The maximum absolute atomic E-state index is 12.6. The molecular weight excluding hydrogens is 388 g/mol. The van der Waals surface area contributed by atoms with E-state index in [4.69, 9.17) is 0 Å². The van der Waals surface area contributed by atoms with Crippen molar-refractivity contribution in [3.05, 3.63) is 82.2 Å². The molecule has 1 saturated heterocycles. The third-order valence-electron chi connectivity index (χ3n) is 5.15. The molecule has 1 aliphatic heterocycles. The summed E-state index contributed by atoms with van der Waals surface area (Å²) in [5, 5.41) is 1.87. The quantitative estimate of drug-likeness (QED) is 0.666. The highest BCUT2D eigenvalue weighted by Gasteiger charge is 2.27. The average molecular weight is 412 g/mol. The Morgan fingerprint density at radius 2 is 1.69 bits per heavy atom. The molecule has 1 fully saturated rings. The van der Waals surface area contributed by atoms with Crippen molar-refractivity contribution in [2.45, 2.75) is 6.67 Å². The van der Waals surface area contributed by atoms with Crippen LogP contribution in [0.25, 0.3) is 17.0 Å². The first-order valence-corrected chi connectivity index (χ1v) is 11.0. The summed E-state index contributed by atoms with van der Waals surface area (Å²) in [5.74, 6) is 0. The van der Waals surface area contributed by atoms with Gasteiger partial charge in [-0.15, -0.1) is 0 Å². The highest BCUT2D eigenvalue weighted by Crippen LogP contribution is 2.08. The first kappa shape index (κ1) is 19.5. The van der Waals surface area contributed by atoms with Crippen LogP contribution in [0.4, 0.5) is 0 Å². The van der Waals surface area contributed by atoms with Crippen LogP contribution in [0.3, 0.4) is 0 Å². The zero-order valence-corrected chi connectivity index (χ0v) is 16.8. The first-order valence-electron chi connectivity index (χ1n) is 9.54. The van der Waals surface area contributed by atoms with Crippen LogP contribution in [0.5, 0.6) is 0 Å². The minimum absolute atomic E-state index is 0.0658. The Bertz CT molecular complexity index is 1180. The third kappa shape index (κ3) is 4.45. The van der Waals surface area contributed by atoms with E-state index in [-0.39, 0.29) is 5.56 Å². The highest BCUT2D eigenvalue weighted by molar-refractivity contribution is 7.92. The number of piperazine rings is 1. The van der Waals surface area contributed by atoms with Crippen LogP contribution in [0, 0.1) is 0 Å². The molecule has 3 aromatic rings. The van der Waals surface area contributed by atoms with E-state index >= 15 is 0 Å². The topological polar surface area (TPSA) is 76.7 Å². The molecule has 29 heavy (non-hydrogen) atoms. The molecule has 8 heteroatoms. The molecule has 0 spiro atoms. The lowest BCUT2D eigenvalue weighted by Gasteiger charge is -2.30. The van der Waals surface area contributed by atoms with Gasteiger partial charge >= 0.3 is 0 Å². The molecular formula is C21H23N4O3S+. The van der Waals surface area contributed by atoms with Crippen LogP contribution in [-0.2, 0) is 16.7 Å². The summed E-state index contributed by atoms with van der Waals surface area (Å²) >= 11 is 0. The molecule has 0 aliphatic carbocycles. The van der Waals surface area contributed by atoms with Crippen molar-refractivity contribution in [1.82, 2.24) is 13.9 Å². The van der Waals surface area contributed by atoms with Crippen molar-refractivity contribution in [1.29, 1.82) is 0 Å². The second kappa shape index (κ2) is 8.28. The van der Waals surface area contributed by atoms with Gasteiger partial charge in [-0.05, 0) is 23.8 Å². The van der Waals surface area contributed by atoms with Crippen molar-refractivity contribution >= 4 is 27.0 Å². The number of sulfonamides is 1. The number of aromatic nitrogens is 2. The van der Waals surface area contributed by atoms with E-state index in [0.29, 0.717) is 43.8 Å². The summed E-state index contributed by atoms with van der Waals surface area (Å²) < 4.78 is 28.3. The lowest BCUT2D eigenvalue weighted by molar-refractivity contribution is -0.926. The van der Waals surface area contributed by atoms with Gasteiger partial charge < -0.3 is 4.90 Å². The Morgan fingerprint density at radius 1 is 1.00 bits per heavy atom. The van der Waals surface area contributed by atoms with Gasteiger partial charge in [0.15, 0.2) is 6.67 Å². The zero-order chi connectivity index (χ0) is 20.3. The van der Waals surface area contributed by atoms with Crippen molar-refractivity contribution in [3.63, 3.8) is 0 Å². The fourth-order valence-corrected chi connectivity index (χ4v) is 4.68. The number of quaternary nitrogens is 1. The van der Waals surface area contributed by atoms with Crippen LogP contribution in [-0.4, -0.2) is 48.5 Å². The van der Waals surface area contributed by atoms with E-state index in [9.17, 15) is 13.2 Å². The largest absolute Gasteiger partial charge is 0.315 e. The molecule has 150 valence electrons. The molecule has 0 bridgehead atoms. The monoisotopic (exact) mass is 411 g/mol. The van der Waals surface area contributed by atoms with Crippen molar-refractivity contribution in [2.24, 2.45) is 0 Å². The van der Waals surface area contributed by atoms with E-state index in [1.165, 1.54) is 9.71 Å². The van der Waals surface area contributed by atoms with Gasteiger partial charge in [0.25, 0.3) is 5.56 Å². The Labute approximate surface area is 169 Å². The molecule has 4 rings (SSSR count). The summed E-state index contributed by atoms with van der Waals surface area (Å²) in [6, 6.07) is 16.7. The number of nitrogens with one attached hydrogen (secondary N) is 1. The Morgan fingerprint density at radius 3 is 2.45 bits per heavy atom. The average Bonchev–Trinajstić information content (AvgIpc) is 2.76. The molecule has 0 unspecified atom stereocenters. The third-order valence-corrected chi connectivity index (χ3v) is 6.71. The number of rotatable bonds is 5. The molecule has 2 heterocycles. The molecule has 2 aromatic carbocycles. The summed E-state index contributed by atoms with van der Waals surface area (Å²) in [6.45, 7) is 2.60. The number of para-hydroxylation sites is 1. The summed E-state index contributed by atoms with van der Waals surface area (Å²) in [6.07, 6.45) is 3.19. The standard InChI is InChI=1S/C21H22N4O3S/c26-21-19-8-4-5-9-20(19)22-16-24(21)17-23-11-13-25(14-12-23)29(27,28)15-10-18-6-2-1-3-7-18/h1-10,15-16H,11-14,17H2/p+1/b15-10+. The molecule has 0 amide bonds. The van der Waals surface area contributed by atoms with Gasteiger partial charge in [-0.1, -0.05) is 42.5 Å². The van der Waals surface area contributed by atoms with Crippen molar-refractivity contribution < 1.29 is 13.3 Å². The molecule has 1 aliphatic rings. The normalized spacial score (nSPS) is 16.6. The van der Waals surface area contributed by atoms with E-state index in [1.54, 1.807) is 23.0 Å². The summed E-state index contributed by atoms with van der Waals surface area (Å²) in [7, 11) is -3.46. The van der Waals surface area contributed by atoms with Crippen LogP contribution >= 0.6 is 0 Å². The predicted octanol–water partition coefficient (Wildman–Crippen LogP) is 0.555. The molecule has 1 N–H and O–H groups in total. The Hall–Kier alpha value is -2.81. The number of fused-ring (bicyclic) bond motifs is 1. The molecule has 7 nitrogen and oxygen atoms in total. The lowest BCUT2D eigenvalue weighted by atomic mass is 10.2. The van der Waals surface area contributed by atoms with Crippen LogP contribution < -0.4 is 10.5 Å². The van der Waals surface area contributed by atoms with Gasteiger partial charge in [0, 0.05) is 5.41 Å². The van der Waals surface area contributed by atoms with Gasteiger partial charge in [0.1, 0.15) is 6.33 Å². The smallest absolute Gasteiger partial charge is 0.265 e. The summed E-state index contributed by atoms with van der Waals surface area (Å²) in [5.41, 5.74) is 1.47. The maximum atomic E-state index is 12.6. The van der Waals surface area contributed by atoms with E-state index in [2.05, 4.69) is 4.98 Å². The number of nitrogens with zero attached hydrogens (tertiary/aromatic N) is 3. The second-order valence-corrected chi connectivity index (χ2v) is 8.92. The minimum Gasteiger partial charge on any atom is -0.315 e. The van der Waals surface area contributed by atoms with Gasteiger partial charge in [0.05, 0.1) is 37.1 Å². The highest BCUT2D eigenvalue weighted by atomic mass is 32.2. The Balaban J connectivity index is 1.40. The second-order valence-electron chi connectivity index (χ2n) is 7.10. The van der Waals surface area contributed by atoms with Gasteiger partial charge in [-0.25, -0.2) is 18.0 Å². The number of benzene rings is 2. The van der Waals surface area contributed by atoms with Gasteiger partial charge in [-0.3, -0.25) is 4.79 Å². The van der Waals surface area contributed by atoms with Crippen LogP contribution in [0.15, 0.2) is 71.1 Å². The van der Waals surface area contributed by atoms with E-state index in [1.807, 2.05) is 48.5 Å². The van der Waals surface area contributed by atoms with Crippen molar-refractivity contribution in [3.8, 4) is 0 Å². The van der Waals surface area contributed by atoms with Crippen LogP contribution in [0.2, 0.25) is 0 Å². The van der Waals surface area contributed by atoms with Gasteiger partial charge in [-0.2, -0.15) is 4.31 Å². The number of hydrogen-bond donors (Lipinski definition) is 1. The predicted molar refractivity (Wildman–Crippen MR) is 113 cm³/mol. The van der Waals surface area contributed by atoms with E-state index < -0.39 is 10.0 Å². The Kier molecular flexibility index (Phi) is 5.57. The lowest BCUT2D eigenvalue weighted by Crippen LogP contribution is -3.14. The molecule has 0 atom stereocenters. The minimum atomic E-state index is -3.46. The maximum Gasteiger partial charge on any atom is 0.265 e. The molecule has 0 saturated carbocycles. The fraction of sp³-hybridized carbons (Fsp3) is 0.238. The fourth-order valence-electron chi connectivity index (χ4n) is 3.49. The summed E-state index contributed by atoms with van der Waals surface area (Å²) in [4.78, 5) is 18.1. The SMILES string of the molecule is O=c1c2ccccc2ncn1C[NH+]1CCN(S(=O)(=O)/C=C/c2ccccc2)CC1. The zero-order valence-electron chi connectivity index (χ0n) is 15.9. The van der Waals surface area contributed by atoms with Crippen LogP contribution in [0.1, 0.15) is 5.56 Å². The number of hydrogen-bond acceptors (Lipinski definition) is 4. The first-order chi connectivity index (χ1) is 14.0. The molecule has 0 radical (unpaired) electrons. The van der Waals surface area contributed by atoms with Gasteiger partial charge in [0.2, 0.25) is 10.0 Å². The van der Waals surface area contributed by atoms with Crippen molar-refractivity contribution in [2.75, 3.05) is 26.2 Å². The van der Waals surface area contributed by atoms with E-state index in [0.717, 1.165) is 10.5 Å².